The Kier molecular flexibility index (Phi) is 7.81. The fourth-order valence-corrected chi connectivity index (χ4v) is 2.79. The lowest BCUT2D eigenvalue weighted by Crippen LogP contribution is -2.11. The van der Waals surface area contributed by atoms with Crippen molar-refractivity contribution in [3.8, 4) is 11.5 Å². The maximum Gasteiger partial charge on any atom is 0.296 e. The highest BCUT2D eigenvalue weighted by Crippen LogP contribution is 2.38. The topological polar surface area (TPSA) is 90.7 Å². The van der Waals surface area contributed by atoms with E-state index in [0.29, 0.717) is 24.7 Å². The van der Waals surface area contributed by atoms with E-state index in [-0.39, 0.29) is 11.4 Å². The lowest BCUT2D eigenvalue weighted by molar-refractivity contribution is -0.384. The number of hydrogen-bond acceptors (Lipinski definition) is 6. The molecule has 1 amide bonds. The predicted octanol–water partition coefficient (Wildman–Crippen LogP) is 4.89. The molecule has 0 fully saturated rings. The molecular formula is C19H22N2O5S. The lowest BCUT2D eigenvalue weighted by Gasteiger charge is -2.14. The third-order valence-corrected chi connectivity index (χ3v) is 4.11. The van der Waals surface area contributed by atoms with Crippen LogP contribution in [0.2, 0.25) is 0 Å². The third-order valence-electron chi connectivity index (χ3n) is 3.41. The fourth-order valence-electron chi connectivity index (χ4n) is 2.17. The first-order chi connectivity index (χ1) is 13.0. The SMILES string of the molecule is CCCOc1cc(NC(=O)/C=C/c2ccsc2)c([N+](=O)[O-])cc1OCCC. The molecule has 2 aromatic rings. The number of anilines is 1. The Balaban J connectivity index is 2.28. The van der Waals surface area contributed by atoms with Gasteiger partial charge >= 0.3 is 0 Å². The quantitative estimate of drug-likeness (QED) is 0.354. The van der Waals surface area contributed by atoms with Gasteiger partial charge in [-0.05, 0) is 41.3 Å². The van der Waals surface area contributed by atoms with Gasteiger partial charge in [0.05, 0.1) is 24.2 Å². The van der Waals surface area contributed by atoms with E-state index in [9.17, 15) is 14.9 Å². The van der Waals surface area contributed by atoms with E-state index in [1.165, 1.54) is 29.5 Å². The van der Waals surface area contributed by atoms with Gasteiger partial charge in [0.25, 0.3) is 5.69 Å². The molecular weight excluding hydrogens is 368 g/mol. The molecule has 2 rings (SSSR count). The number of benzene rings is 1. The molecule has 0 saturated carbocycles. The summed E-state index contributed by atoms with van der Waals surface area (Å²) in [6.45, 7) is 4.74. The van der Waals surface area contributed by atoms with Crippen LogP contribution in [0.4, 0.5) is 11.4 Å². The Morgan fingerprint density at radius 3 is 2.44 bits per heavy atom. The molecule has 1 aromatic heterocycles. The van der Waals surface area contributed by atoms with Crippen molar-refractivity contribution in [2.75, 3.05) is 18.5 Å². The average molecular weight is 390 g/mol. The predicted molar refractivity (Wildman–Crippen MR) is 107 cm³/mol. The van der Waals surface area contributed by atoms with Crippen LogP contribution in [0.5, 0.6) is 11.5 Å². The highest BCUT2D eigenvalue weighted by Gasteiger charge is 2.21. The standard InChI is InChI=1S/C19H22N2O5S/c1-3-8-25-17-11-15(16(21(23)24)12-18(17)26-9-4-2)20-19(22)6-5-14-7-10-27-13-14/h5-7,10-13H,3-4,8-9H2,1-2H3,(H,20,22)/b6-5+. The molecule has 0 unspecified atom stereocenters. The minimum absolute atomic E-state index is 0.0647. The zero-order chi connectivity index (χ0) is 19.6. The van der Waals surface area contributed by atoms with Gasteiger partial charge in [-0.15, -0.1) is 0 Å². The van der Waals surface area contributed by atoms with Crippen molar-refractivity contribution in [1.82, 2.24) is 0 Å². The van der Waals surface area contributed by atoms with Crippen LogP contribution in [0.1, 0.15) is 32.3 Å². The number of rotatable bonds is 10. The summed E-state index contributed by atoms with van der Waals surface area (Å²) in [7, 11) is 0. The maximum atomic E-state index is 12.2. The van der Waals surface area contributed by atoms with Crippen molar-refractivity contribution in [2.45, 2.75) is 26.7 Å². The van der Waals surface area contributed by atoms with Crippen molar-refractivity contribution < 1.29 is 19.2 Å². The monoisotopic (exact) mass is 390 g/mol. The Morgan fingerprint density at radius 2 is 1.89 bits per heavy atom. The van der Waals surface area contributed by atoms with E-state index in [0.717, 1.165) is 18.4 Å². The van der Waals surface area contributed by atoms with Crippen LogP contribution in [0.3, 0.4) is 0 Å². The molecule has 1 N–H and O–H groups in total. The van der Waals surface area contributed by atoms with Crippen LogP contribution in [-0.4, -0.2) is 24.0 Å². The van der Waals surface area contributed by atoms with E-state index >= 15 is 0 Å². The summed E-state index contributed by atoms with van der Waals surface area (Å²) in [5, 5.41) is 17.8. The van der Waals surface area contributed by atoms with Crippen molar-refractivity contribution in [2.24, 2.45) is 0 Å². The summed E-state index contributed by atoms with van der Waals surface area (Å²) in [6.07, 6.45) is 4.51. The molecule has 7 nitrogen and oxygen atoms in total. The average Bonchev–Trinajstić information content (AvgIpc) is 3.17. The van der Waals surface area contributed by atoms with Gasteiger partial charge in [0, 0.05) is 12.1 Å². The number of thiophene rings is 1. The van der Waals surface area contributed by atoms with Gasteiger partial charge in [0.2, 0.25) is 5.91 Å². The first-order valence-electron chi connectivity index (χ1n) is 8.64. The summed E-state index contributed by atoms with van der Waals surface area (Å²) in [6, 6.07) is 4.60. The Labute approximate surface area is 161 Å². The number of ether oxygens (including phenoxy) is 2. The normalized spacial score (nSPS) is 10.7. The van der Waals surface area contributed by atoms with Gasteiger partial charge in [-0.2, -0.15) is 11.3 Å². The number of nitro groups is 1. The summed E-state index contributed by atoms with van der Waals surface area (Å²) in [5.74, 6) is 0.199. The van der Waals surface area contributed by atoms with Crippen molar-refractivity contribution in [1.29, 1.82) is 0 Å². The lowest BCUT2D eigenvalue weighted by atomic mass is 10.2. The zero-order valence-corrected chi connectivity index (χ0v) is 16.1. The van der Waals surface area contributed by atoms with Gasteiger partial charge in [-0.3, -0.25) is 14.9 Å². The first kappa shape index (κ1) is 20.4. The molecule has 1 heterocycles. The Morgan fingerprint density at radius 1 is 1.22 bits per heavy atom. The van der Waals surface area contributed by atoms with Crippen molar-refractivity contribution >= 4 is 34.7 Å². The molecule has 0 saturated heterocycles. The van der Waals surface area contributed by atoms with Gasteiger partial charge in [-0.25, -0.2) is 0 Å². The second-order valence-corrected chi connectivity index (χ2v) is 6.43. The van der Waals surface area contributed by atoms with E-state index in [1.54, 1.807) is 6.08 Å². The Bertz CT molecular complexity index is 803. The summed E-state index contributed by atoms with van der Waals surface area (Å²) in [5.41, 5.74) is 0.706. The van der Waals surface area contributed by atoms with Gasteiger partial charge < -0.3 is 14.8 Å². The number of nitro benzene ring substituents is 1. The van der Waals surface area contributed by atoms with Crippen molar-refractivity contribution in [3.05, 3.63) is 50.7 Å². The number of carbonyl (C=O) groups excluding carboxylic acids is 1. The summed E-state index contributed by atoms with van der Waals surface area (Å²) >= 11 is 1.52. The maximum absolute atomic E-state index is 12.2. The number of nitrogens with zero attached hydrogens (tertiary/aromatic N) is 1. The molecule has 0 radical (unpaired) electrons. The molecule has 0 aliphatic carbocycles. The first-order valence-corrected chi connectivity index (χ1v) is 9.58. The van der Waals surface area contributed by atoms with Crippen LogP contribution >= 0.6 is 11.3 Å². The minimum atomic E-state index is -0.555. The van der Waals surface area contributed by atoms with E-state index in [1.807, 2.05) is 30.7 Å². The second kappa shape index (κ2) is 10.3. The largest absolute Gasteiger partial charge is 0.490 e. The van der Waals surface area contributed by atoms with Crippen LogP contribution in [0.15, 0.2) is 35.0 Å². The molecule has 8 heteroatoms. The summed E-state index contributed by atoms with van der Waals surface area (Å²) in [4.78, 5) is 23.1. The Hall–Kier alpha value is -2.87. The zero-order valence-electron chi connectivity index (χ0n) is 15.3. The van der Waals surface area contributed by atoms with Crippen LogP contribution < -0.4 is 14.8 Å². The smallest absolute Gasteiger partial charge is 0.296 e. The molecule has 27 heavy (non-hydrogen) atoms. The van der Waals surface area contributed by atoms with Crippen LogP contribution in [0.25, 0.3) is 6.08 Å². The van der Waals surface area contributed by atoms with Gasteiger partial charge in [0.1, 0.15) is 5.69 Å². The van der Waals surface area contributed by atoms with Gasteiger partial charge in [0.15, 0.2) is 11.5 Å². The van der Waals surface area contributed by atoms with Crippen LogP contribution in [-0.2, 0) is 4.79 Å². The highest BCUT2D eigenvalue weighted by molar-refractivity contribution is 7.08. The molecule has 0 aliphatic heterocycles. The molecule has 0 spiro atoms. The molecule has 0 aliphatic rings. The molecule has 0 bridgehead atoms. The fraction of sp³-hybridized carbons (Fsp3) is 0.316. The molecule has 1 aromatic carbocycles. The third kappa shape index (κ3) is 6.10. The minimum Gasteiger partial charge on any atom is -0.490 e. The number of carbonyl (C=O) groups is 1. The van der Waals surface area contributed by atoms with E-state index in [4.69, 9.17) is 9.47 Å². The van der Waals surface area contributed by atoms with Gasteiger partial charge in [-0.1, -0.05) is 13.8 Å². The van der Waals surface area contributed by atoms with Crippen LogP contribution in [0, 0.1) is 10.1 Å². The molecule has 0 atom stereocenters. The van der Waals surface area contributed by atoms with E-state index in [2.05, 4.69) is 5.32 Å². The molecule has 144 valence electrons. The number of nitrogens with one attached hydrogen (secondary N) is 1. The van der Waals surface area contributed by atoms with E-state index < -0.39 is 10.8 Å². The second-order valence-electron chi connectivity index (χ2n) is 5.65. The van der Waals surface area contributed by atoms with Crippen molar-refractivity contribution in [3.63, 3.8) is 0 Å². The highest BCUT2D eigenvalue weighted by atomic mass is 32.1. The summed E-state index contributed by atoms with van der Waals surface area (Å²) < 4.78 is 11.2. The number of hydrogen-bond donors (Lipinski definition) is 1. The number of amides is 1.